The van der Waals surface area contributed by atoms with Gasteiger partial charge in [0.15, 0.2) is 0 Å². The molecule has 0 unspecified atom stereocenters. The summed E-state index contributed by atoms with van der Waals surface area (Å²) in [7, 11) is 0. The fourth-order valence-corrected chi connectivity index (χ4v) is 2.19. The van der Waals surface area contributed by atoms with Crippen LogP contribution in [0, 0.1) is 0 Å². The molecule has 0 atom stereocenters. The van der Waals surface area contributed by atoms with E-state index in [-0.39, 0.29) is 5.54 Å². The lowest BCUT2D eigenvalue weighted by Gasteiger charge is -2.26. The largest absolute Gasteiger partial charge is 0.330 e. The average Bonchev–Trinajstić information content (AvgIpc) is 2.95. The number of hydrogen-bond acceptors (Lipinski definition) is 2. The molecule has 3 heteroatoms. The third kappa shape index (κ3) is 2.85. The van der Waals surface area contributed by atoms with E-state index >= 15 is 0 Å². The molecule has 0 spiro atoms. The van der Waals surface area contributed by atoms with Gasteiger partial charge in [-0.2, -0.15) is 0 Å². The van der Waals surface area contributed by atoms with Crippen LogP contribution in [0.1, 0.15) is 58.2 Å². The zero-order valence-electron chi connectivity index (χ0n) is 10.7. The van der Waals surface area contributed by atoms with Crippen LogP contribution in [0.3, 0.4) is 0 Å². The third-order valence-electron chi connectivity index (χ3n) is 3.31. The molecule has 1 aromatic rings. The predicted molar refractivity (Wildman–Crippen MR) is 66.3 cm³/mol. The molecule has 1 saturated carbocycles. The molecular weight excluding hydrogens is 198 g/mol. The molecule has 1 N–H and O–H groups in total. The predicted octanol–water partition coefficient (Wildman–Crippen LogP) is 2.89. The van der Waals surface area contributed by atoms with Crippen LogP contribution in [-0.4, -0.2) is 15.1 Å². The van der Waals surface area contributed by atoms with E-state index in [1.54, 1.807) is 0 Å². The second kappa shape index (κ2) is 4.58. The molecule has 0 saturated heterocycles. The average molecular weight is 221 g/mol. The zero-order chi connectivity index (χ0) is 11.6. The van der Waals surface area contributed by atoms with Crippen molar-refractivity contribution >= 4 is 0 Å². The Labute approximate surface area is 98.3 Å². The summed E-state index contributed by atoms with van der Waals surface area (Å²) in [4.78, 5) is 4.25. The van der Waals surface area contributed by atoms with Crippen molar-refractivity contribution in [2.24, 2.45) is 0 Å². The third-order valence-corrected chi connectivity index (χ3v) is 3.31. The van der Waals surface area contributed by atoms with Crippen LogP contribution < -0.4 is 5.32 Å². The molecule has 1 aliphatic carbocycles. The maximum Gasteiger partial charge on any atom is 0.0951 e. The highest BCUT2D eigenvalue weighted by Gasteiger charge is 2.25. The SMILES string of the molecule is CCCC(C)(C)NCc1cncn1C1CC1. The molecule has 0 bridgehead atoms. The topological polar surface area (TPSA) is 29.9 Å². The molecule has 0 aliphatic heterocycles. The number of hydrogen-bond donors (Lipinski definition) is 1. The van der Waals surface area contributed by atoms with Gasteiger partial charge in [0, 0.05) is 24.3 Å². The highest BCUT2D eigenvalue weighted by molar-refractivity contribution is 5.04. The first-order valence-corrected chi connectivity index (χ1v) is 6.38. The number of nitrogens with one attached hydrogen (secondary N) is 1. The van der Waals surface area contributed by atoms with Crippen molar-refractivity contribution in [3.05, 3.63) is 18.2 Å². The van der Waals surface area contributed by atoms with Crippen molar-refractivity contribution in [3.8, 4) is 0 Å². The van der Waals surface area contributed by atoms with Gasteiger partial charge < -0.3 is 9.88 Å². The van der Waals surface area contributed by atoms with Crippen LogP contribution in [0.4, 0.5) is 0 Å². The van der Waals surface area contributed by atoms with Crippen molar-refractivity contribution < 1.29 is 0 Å². The Morgan fingerprint density at radius 2 is 2.25 bits per heavy atom. The normalized spacial score (nSPS) is 16.7. The van der Waals surface area contributed by atoms with Crippen LogP contribution >= 0.6 is 0 Å². The van der Waals surface area contributed by atoms with Gasteiger partial charge >= 0.3 is 0 Å². The highest BCUT2D eigenvalue weighted by atomic mass is 15.1. The minimum atomic E-state index is 0.230. The molecule has 0 amide bonds. The number of rotatable bonds is 6. The molecular formula is C13H23N3. The first-order valence-electron chi connectivity index (χ1n) is 6.38. The fourth-order valence-electron chi connectivity index (χ4n) is 2.19. The number of nitrogens with zero attached hydrogens (tertiary/aromatic N) is 2. The van der Waals surface area contributed by atoms with Crippen LogP contribution in [0.25, 0.3) is 0 Å². The molecule has 2 rings (SSSR count). The van der Waals surface area contributed by atoms with Gasteiger partial charge in [0.2, 0.25) is 0 Å². The Hall–Kier alpha value is -0.830. The van der Waals surface area contributed by atoms with Crippen molar-refractivity contribution in [2.45, 2.75) is 64.6 Å². The lowest BCUT2D eigenvalue weighted by Crippen LogP contribution is -2.38. The molecule has 1 fully saturated rings. The summed E-state index contributed by atoms with van der Waals surface area (Å²) in [5.74, 6) is 0. The van der Waals surface area contributed by atoms with E-state index < -0.39 is 0 Å². The Bertz CT molecular complexity index is 337. The van der Waals surface area contributed by atoms with Crippen LogP contribution in [-0.2, 0) is 6.54 Å². The van der Waals surface area contributed by atoms with Crippen molar-refractivity contribution in [1.82, 2.24) is 14.9 Å². The fraction of sp³-hybridized carbons (Fsp3) is 0.769. The van der Waals surface area contributed by atoms with Gasteiger partial charge in [-0.05, 0) is 33.1 Å². The second-order valence-corrected chi connectivity index (χ2v) is 5.51. The highest BCUT2D eigenvalue weighted by Crippen LogP contribution is 2.35. The Morgan fingerprint density at radius 1 is 1.50 bits per heavy atom. The molecule has 3 nitrogen and oxygen atoms in total. The Kier molecular flexibility index (Phi) is 3.33. The summed E-state index contributed by atoms with van der Waals surface area (Å²) < 4.78 is 2.33. The summed E-state index contributed by atoms with van der Waals surface area (Å²) in [5.41, 5.74) is 1.56. The summed E-state index contributed by atoms with van der Waals surface area (Å²) in [6.07, 6.45) is 9.05. The maximum absolute atomic E-state index is 4.25. The molecule has 1 aromatic heterocycles. The van der Waals surface area contributed by atoms with Gasteiger partial charge in [0.05, 0.1) is 12.0 Å². The minimum Gasteiger partial charge on any atom is -0.330 e. The van der Waals surface area contributed by atoms with E-state index in [9.17, 15) is 0 Å². The zero-order valence-corrected chi connectivity index (χ0v) is 10.7. The van der Waals surface area contributed by atoms with Gasteiger partial charge in [-0.3, -0.25) is 0 Å². The lowest BCUT2D eigenvalue weighted by atomic mass is 9.99. The van der Waals surface area contributed by atoms with E-state index in [1.807, 2.05) is 12.5 Å². The molecule has 90 valence electrons. The van der Waals surface area contributed by atoms with Crippen LogP contribution in [0.2, 0.25) is 0 Å². The molecule has 1 heterocycles. The van der Waals surface area contributed by atoms with Crippen molar-refractivity contribution in [2.75, 3.05) is 0 Å². The van der Waals surface area contributed by atoms with Crippen LogP contribution in [0.5, 0.6) is 0 Å². The van der Waals surface area contributed by atoms with E-state index in [2.05, 4.69) is 35.6 Å². The van der Waals surface area contributed by atoms with Crippen molar-refractivity contribution in [1.29, 1.82) is 0 Å². The standard InChI is InChI=1S/C13H23N3/c1-4-7-13(2,3)15-9-12-8-14-10-16(12)11-5-6-11/h8,10-11,15H,4-7,9H2,1-3H3. The minimum absolute atomic E-state index is 0.230. The summed E-state index contributed by atoms with van der Waals surface area (Å²) >= 11 is 0. The van der Waals surface area contributed by atoms with Gasteiger partial charge in [0.1, 0.15) is 0 Å². The monoisotopic (exact) mass is 221 g/mol. The smallest absolute Gasteiger partial charge is 0.0951 e. The summed E-state index contributed by atoms with van der Waals surface area (Å²) in [6, 6.07) is 0.730. The molecule has 0 aromatic carbocycles. The number of aromatic nitrogens is 2. The Morgan fingerprint density at radius 3 is 2.88 bits per heavy atom. The lowest BCUT2D eigenvalue weighted by molar-refractivity contribution is 0.352. The van der Waals surface area contributed by atoms with Gasteiger partial charge in [-0.1, -0.05) is 13.3 Å². The second-order valence-electron chi connectivity index (χ2n) is 5.51. The molecule has 0 radical (unpaired) electrons. The Balaban J connectivity index is 1.91. The summed E-state index contributed by atoms with van der Waals surface area (Å²) in [6.45, 7) is 7.71. The van der Waals surface area contributed by atoms with Gasteiger partial charge in [-0.25, -0.2) is 4.98 Å². The van der Waals surface area contributed by atoms with E-state index in [1.165, 1.54) is 31.4 Å². The molecule has 1 aliphatic rings. The van der Waals surface area contributed by atoms with E-state index in [0.717, 1.165) is 12.6 Å². The van der Waals surface area contributed by atoms with E-state index in [4.69, 9.17) is 0 Å². The van der Waals surface area contributed by atoms with Gasteiger partial charge in [0.25, 0.3) is 0 Å². The summed E-state index contributed by atoms with van der Waals surface area (Å²) in [5, 5.41) is 3.62. The van der Waals surface area contributed by atoms with E-state index in [0.29, 0.717) is 0 Å². The van der Waals surface area contributed by atoms with Crippen molar-refractivity contribution in [3.63, 3.8) is 0 Å². The first kappa shape index (κ1) is 11.6. The van der Waals surface area contributed by atoms with Gasteiger partial charge in [-0.15, -0.1) is 0 Å². The quantitative estimate of drug-likeness (QED) is 0.800. The van der Waals surface area contributed by atoms with Crippen LogP contribution in [0.15, 0.2) is 12.5 Å². The molecule has 16 heavy (non-hydrogen) atoms. The maximum atomic E-state index is 4.25. The number of imidazole rings is 1. The first-order chi connectivity index (χ1) is 7.62.